The molecule has 2 heterocycles. The summed E-state index contributed by atoms with van der Waals surface area (Å²) in [6.07, 6.45) is 2.13. The van der Waals surface area contributed by atoms with E-state index in [1.165, 1.54) is 4.90 Å². The van der Waals surface area contributed by atoms with Gasteiger partial charge in [-0.15, -0.1) is 0 Å². The van der Waals surface area contributed by atoms with E-state index in [4.69, 9.17) is 5.26 Å². The number of nitrogens with zero attached hydrogens (tertiary/aromatic N) is 3. The lowest BCUT2D eigenvalue weighted by molar-refractivity contribution is -0.120. The van der Waals surface area contributed by atoms with Crippen LogP contribution in [-0.4, -0.2) is 29.8 Å². The Hall–Kier alpha value is -3.39. The summed E-state index contributed by atoms with van der Waals surface area (Å²) in [5.74, 6) is -0.122. The number of benzene rings is 2. The summed E-state index contributed by atoms with van der Waals surface area (Å²) in [5, 5.41) is 9.04. The highest BCUT2D eigenvalue weighted by Gasteiger charge is 2.43. The van der Waals surface area contributed by atoms with Gasteiger partial charge in [0.2, 0.25) is 0 Å². The highest BCUT2D eigenvalue weighted by Crippen LogP contribution is 2.36. The number of nitriles is 1. The Kier molecular flexibility index (Phi) is 4.94. The number of imide groups is 1. The van der Waals surface area contributed by atoms with E-state index in [-0.39, 0.29) is 11.8 Å². The maximum Gasteiger partial charge on any atom is 0.282 e. The first-order valence-electron chi connectivity index (χ1n) is 9.95. The van der Waals surface area contributed by atoms with Crippen molar-refractivity contribution in [1.29, 1.82) is 5.26 Å². The smallest absolute Gasteiger partial charge is 0.282 e. The van der Waals surface area contributed by atoms with E-state index in [2.05, 4.69) is 17.9 Å². The van der Waals surface area contributed by atoms with E-state index in [0.29, 0.717) is 28.4 Å². The van der Waals surface area contributed by atoms with E-state index >= 15 is 0 Å². The third-order valence-corrected chi connectivity index (χ3v) is 5.63. The van der Waals surface area contributed by atoms with Crippen molar-refractivity contribution < 1.29 is 9.59 Å². The predicted octanol–water partition coefficient (Wildman–Crippen LogP) is 3.88. The van der Waals surface area contributed by atoms with Crippen LogP contribution in [0.3, 0.4) is 0 Å². The average Bonchev–Trinajstić information content (AvgIpc) is 2.99. The first-order valence-corrected chi connectivity index (χ1v) is 9.95. The molecule has 146 valence electrons. The molecule has 29 heavy (non-hydrogen) atoms. The van der Waals surface area contributed by atoms with Gasteiger partial charge in [-0.25, -0.2) is 4.90 Å². The summed E-state index contributed by atoms with van der Waals surface area (Å²) in [5.41, 5.74) is 3.80. The Morgan fingerprint density at radius 3 is 2.31 bits per heavy atom. The van der Waals surface area contributed by atoms with Crippen molar-refractivity contribution in [2.45, 2.75) is 26.7 Å². The zero-order valence-electron chi connectivity index (χ0n) is 16.7. The van der Waals surface area contributed by atoms with Gasteiger partial charge >= 0.3 is 0 Å². The molecule has 0 saturated carbocycles. The number of amides is 2. The van der Waals surface area contributed by atoms with Gasteiger partial charge in [0.25, 0.3) is 11.8 Å². The lowest BCUT2D eigenvalue weighted by atomic mass is 9.97. The largest absolute Gasteiger partial charge is 0.366 e. The van der Waals surface area contributed by atoms with Crippen LogP contribution in [0, 0.1) is 24.2 Å². The molecule has 0 radical (unpaired) electrons. The molecule has 0 bridgehead atoms. The van der Waals surface area contributed by atoms with Crippen molar-refractivity contribution in [1.82, 2.24) is 4.90 Å². The van der Waals surface area contributed by atoms with E-state index in [1.807, 2.05) is 31.2 Å². The molecule has 4 rings (SSSR count). The Morgan fingerprint density at radius 1 is 1.00 bits per heavy atom. The topological polar surface area (TPSA) is 64.4 Å². The van der Waals surface area contributed by atoms with Crippen molar-refractivity contribution >= 4 is 23.1 Å². The van der Waals surface area contributed by atoms with Crippen LogP contribution in [0.15, 0.2) is 54.2 Å². The maximum atomic E-state index is 13.5. The van der Waals surface area contributed by atoms with Gasteiger partial charge in [0.15, 0.2) is 0 Å². The van der Waals surface area contributed by atoms with Crippen LogP contribution in [-0.2, 0) is 9.59 Å². The minimum absolute atomic E-state index is 0.288. The molecule has 2 aromatic rings. The number of rotatable bonds is 3. The zero-order chi connectivity index (χ0) is 20.5. The molecule has 5 nitrogen and oxygen atoms in total. The van der Waals surface area contributed by atoms with Crippen LogP contribution in [0.25, 0.3) is 5.57 Å². The van der Waals surface area contributed by atoms with Crippen molar-refractivity contribution in [3.63, 3.8) is 0 Å². The highest BCUT2D eigenvalue weighted by atomic mass is 16.2. The number of likely N-dealkylation sites (tertiary alicyclic amines) is 1. The molecule has 1 saturated heterocycles. The van der Waals surface area contributed by atoms with Crippen LogP contribution in [0.1, 0.15) is 36.5 Å². The molecule has 1 atom stereocenters. The summed E-state index contributed by atoms with van der Waals surface area (Å²) < 4.78 is 0. The van der Waals surface area contributed by atoms with Crippen LogP contribution in [0.2, 0.25) is 0 Å². The number of hydrogen-bond acceptors (Lipinski definition) is 4. The standard InChI is InChI=1S/C24H23N3O2/c1-16-5-9-19(10-6-16)21-22(26-13-3-4-17(2)15-26)24(29)27(23(21)28)20-11-7-18(14-25)8-12-20/h5-12,17H,3-4,13,15H2,1-2H3. The molecule has 2 aliphatic rings. The average molecular weight is 385 g/mol. The van der Waals surface area contributed by atoms with Gasteiger partial charge in [-0.1, -0.05) is 36.8 Å². The summed E-state index contributed by atoms with van der Waals surface area (Å²) in [7, 11) is 0. The van der Waals surface area contributed by atoms with Gasteiger partial charge < -0.3 is 4.90 Å². The Labute approximate surface area is 170 Å². The molecule has 0 aromatic heterocycles. The quantitative estimate of drug-likeness (QED) is 0.752. The fourth-order valence-corrected chi connectivity index (χ4v) is 4.10. The molecule has 1 fully saturated rings. The van der Waals surface area contributed by atoms with Crippen LogP contribution in [0.5, 0.6) is 0 Å². The number of anilines is 1. The SMILES string of the molecule is Cc1ccc(C2=C(N3CCCC(C)C3)C(=O)N(c3ccc(C#N)cc3)C2=O)cc1. The minimum atomic E-state index is -0.309. The molecular weight excluding hydrogens is 362 g/mol. The molecule has 5 heteroatoms. The fourth-order valence-electron chi connectivity index (χ4n) is 4.10. The first kappa shape index (κ1) is 18.9. The van der Waals surface area contributed by atoms with Crippen LogP contribution >= 0.6 is 0 Å². The summed E-state index contributed by atoms with van der Waals surface area (Å²) in [6.45, 7) is 5.72. The Bertz CT molecular complexity index is 1030. The molecule has 2 amide bonds. The Morgan fingerprint density at radius 2 is 1.69 bits per heavy atom. The molecule has 1 unspecified atom stereocenters. The van der Waals surface area contributed by atoms with Crippen molar-refractivity contribution in [2.24, 2.45) is 5.92 Å². The monoisotopic (exact) mass is 385 g/mol. The second kappa shape index (κ2) is 7.56. The van der Waals surface area contributed by atoms with Crippen molar-refractivity contribution in [3.05, 3.63) is 70.9 Å². The third kappa shape index (κ3) is 3.42. The van der Waals surface area contributed by atoms with Gasteiger partial charge in [0, 0.05) is 13.1 Å². The normalized spacial score (nSPS) is 19.7. The summed E-state index contributed by atoms with van der Waals surface area (Å²) in [6, 6.07) is 16.4. The number of piperidine rings is 1. The lowest BCUT2D eigenvalue weighted by Gasteiger charge is -2.33. The molecule has 0 N–H and O–H groups in total. The van der Waals surface area contributed by atoms with Crippen molar-refractivity contribution in [2.75, 3.05) is 18.0 Å². The summed E-state index contributed by atoms with van der Waals surface area (Å²) in [4.78, 5) is 30.2. The molecule has 0 aliphatic carbocycles. The Balaban J connectivity index is 1.80. The first-order chi connectivity index (χ1) is 14.0. The molecule has 2 aromatic carbocycles. The van der Waals surface area contributed by atoms with Gasteiger partial charge in [-0.05, 0) is 55.5 Å². The zero-order valence-corrected chi connectivity index (χ0v) is 16.7. The molecular formula is C24H23N3O2. The number of hydrogen-bond donors (Lipinski definition) is 0. The second-order valence-corrected chi connectivity index (χ2v) is 7.89. The highest BCUT2D eigenvalue weighted by molar-refractivity contribution is 6.45. The van der Waals surface area contributed by atoms with Gasteiger partial charge in [0.05, 0.1) is 22.9 Å². The summed E-state index contributed by atoms with van der Waals surface area (Å²) >= 11 is 0. The maximum absolute atomic E-state index is 13.5. The minimum Gasteiger partial charge on any atom is -0.366 e. The van der Waals surface area contributed by atoms with Crippen LogP contribution < -0.4 is 4.90 Å². The molecule has 2 aliphatic heterocycles. The third-order valence-electron chi connectivity index (χ3n) is 5.63. The fraction of sp³-hybridized carbons (Fsp3) is 0.292. The van der Waals surface area contributed by atoms with Gasteiger partial charge in [-0.2, -0.15) is 5.26 Å². The molecule has 0 spiro atoms. The van der Waals surface area contributed by atoms with E-state index in [1.54, 1.807) is 24.3 Å². The van der Waals surface area contributed by atoms with Crippen LogP contribution in [0.4, 0.5) is 5.69 Å². The lowest BCUT2D eigenvalue weighted by Crippen LogP contribution is -2.39. The van der Waals surface area contributed by atoms with Gasteiger partial charge in [0.1, 0.15) is 5.70 Å². The van der Waals surface area contributed by atoms with Gasteiger partial charge in [-0.3, -0.25) is 9.59 Å². The predicted molar refractivity (Wildman–Crippen MR) is 112 cm³/mol. The van der Waals surface area contributed by atoms with E-state index in [0.717, 1.165) is 37.1 Å². The van der Waals surface area contributed by atoms with E-state index < -0.39 is 0 Å². The number of carbonyl (C=O) groups is 2. The van der Waals surface area contributed by atoms with Crippen molar-refractivity contribution in [3.8, 4) is 6.07 Å². The second-order valence-electron chi connectivity index (χ2n) is 7.89. The van der Waals surface area contributed by atoms with E-state index in [9.17, 15) is 9.59 Å². The number of aryl methyl sites for hydroxylation is 1. The number of carbonyl (C=O) groups excluding carboxylic acids is 2.